The number of unbranched alkanes of at least 4 members (excludes halogenated alkanes) is 1. The monoisotopic (exact) mass is 643 g/mol. The number of carbonyl (C=O) groups is 2. The minimum Gasteiger partial charge on any atom is -0.492 e. The second-order valence-corrected chi connectivity index (χ2v) is 12.5. The topological polar surface area (TPSA) is 96.0 Å². The summed E-state index contributed by atoms with van der Waals surface area (Å²) in [7, 11) is -4.19. The number of benzene rings is 3. The Morgan fingerprint density at radius 2 is 1.71 bits per heavy atom. The third-order valence-electron chi connectivity index (χ3n) is 6.56. The van der Waals surface area contributed by atoms with Gasteiger partial charge in [-0.05, 0) is 69.2 Å². The van der Waals surface area contributed by atoms with E-state index in [2.05, 4.69) is 21.2 Å². The van der Waals surface area contributed by atoms with Crippen LogP contribution in [0.1, 0.15) is 44.7 Å². The zero-order valence-corrected chi connectivity index (χ0v) is 26.4. The predicted octanol–water partition coefficient (Wildman–Crippen LogP) is 5.69. The van der Waals surface area contributed by atoms with Gasteiger partial charge in [0.1, 0.15) is 18.3 Å². The largest absolute Gasteiger partial charge is 0.492 e. The maximum Gasteiger partial charge on any atom is 0.264 e. The summed E-state index contributed by atoms with van der Waals surface area (Å²) in [5, 5.41) is 2.89. The predicted molar refractivity (Wildman–Crippen MR) is 165 cm³/mol. The lowest BCUT2D eigenvalue weighted by Crippen LogP contribution is -2.51. The molecule has 0 heterocycles. The van der Waals surface area contributed by atoms with Crippen LogP contribution in [0.15, 0.2) is 82.2 Å². The lowest BCUT2D eigenvalue weighted by Gasteiger charge is -2.32. The lowest BCUT2D eigenvalue weighted by atomic mass is 10.1. The zero-order chi connectivity index (χ0) is 30.0. The highest BCUT2D eigenvalue weighted by Gasteiger charge is 2.33. The highest BCUT2D eigenvalue weighted by atomic mass is 79.9. The molecular formula is C31H38BrN3O5S. The first-order chi connectivity index (χ1) is 19.6. The van der Waals surface area contributed by atoms with Crippen LogP contribution in [-0.2, 0) is 26.2 Å². The number of ether oxygens (including phenoxy) is 1. The van der Waals surface area contributed by atoms with E-state index in [0.29, 0.717) is 18.9 Å². The van der Waals surface area contributed by atoms with E-state index < -0.39 is 28.5 Å². The standard InChI is InChI=1S/C31H38BrN3O5S/c1-5-7-19-33-31(37)24(4)34(21-25-11-10-12-26(32)20-25)30(36)22-35(28-13-8-9-14-29(28)40-6-2)41(38,39)27-17-15-23(3)16-18-27/h8-18,20,24H,5-7,19,21-22H2,1-4H3,(H,33,37)/t24-/m0/s1. The van der Waals surface area contributed by atoms with Crippen LogP contribution in [0.5, 0.6) is 5.75 Å². The minimum absolute atomic E-state index is 0.0473. The van der Waals surface area contributed by atoms with Gasteiger partial charge >= 0.3 is 0 Å². The first-order valence-electron chi connectivity index (χ1n) is 13.7. The molecule has 0 aliphatic rings. The Kier molecular flexibility index (Phi) is 11.8. The van der Waals surface area contributed by atoms with Gasteiger partial charge in [0.05, 0.1) is 17.2 Å². The summed E-state index contributed by atoms with van der Waals surface area (Å²) in [5.41, 5.74) is 1.94. The second-order valence-electron chi connectivity index (χ2n) is 9.70. The van der Waals surface area contributed by atoms with Crippen LogP contribution < -0.4 is 14.4 Å². The SMILES string of the molecule is CCCCNC(=O)[C@H](C)N(Cc1cccc(Br)c1)C(=O)CN(c1ccccc1OCC)S(=O)(=O)c1ccc(C)cc1. The Labute approximate surface area is 251 Å². The molecule has 0 saturated carbocycles. The lowest BCUT2D eigenvalue weighted by molar-refractivity contribution is -0.139. The van der Waals surface area contributed by atoms with Crippen molar-refractivity contribution in [3.63, 3.8) is 0 Å². The van der Waals surface area contributed by atoms with Gasteiger partial charge < -0.3 is 15.0 Å². The van der Waals surface area contributed by atoms with Crippen molar-refractivity contribution < 1.29 is 22.7 Å². The van der Waals surface area contributed by atoms with Gasteiger partial charge in [0.25, 0.3) is 10.0 Å². The molecule has 0 aliphatic heterocycles. The maximum atomic E-state index is 14.1. The van der Waals surface area contributed by atoms with Gasteiger partial charge in [-0.2, -0.15) is 0 Å². The van der Waals surface area contributed by atoms with Gasteiger partial charge in [0.15, 0.2) is 0 Å². The summed E-state index contributed by atoms with van der Waals surface area (Å²) < 4.78 is 35.8. The van der Waals surface area contributed by atoms with Gasteiger partial charge in [-0.25, -0.2) is 8.42 Å². The summed E-state index contributed by atoms with van der Waals surface area (Å²) in [6.45, 7) is 7.76. The van der Waals surface area contributed by atoms with Gasteiger partial charge in [0, 0.05) is 17.6 Å². The molecule has 8 nitrogen and oxygen atoms in total. The molecule has 1 N–H and O–H groups in total. The fourth-order valence-electron chi connectivity index (χ4n) is 4.24. The fourth-order valence-corrected chi connectivity index (χ4v) is 6.11. The highest BCUT2D eigenvalue weighted by molar-refractivity contribution is 9.10. The average molecular weight is 645 g/mol. The molecular weight excluding hydrogens is 606 g/mol. The minimum atomic E-state index is -4.19. The third-order valence-corrected chi connectivity index (χ3v) is 8.83. The molecule has 3 rings (SSSR count). The van der Waals surface area contributed by atoms with Crippen LogP contribution in [0, 0.1) is 6.92 Å². The third kappa shape index (κ3) is 8.56. The first kappa shape index (κ1) is 32.1. The average Bonchev–Trinajstić information content (AvgIpc) is 2.95. The Morgan fingerprint density at radius 3 is 2.37 bits per heavy atom. The van der Waals surface area contributed by atoms with Crippen molar-refractivity contribution in [1.29, 1.82) is 0 Å². The van der Waals surface area contributed by atoms with Crippen LogP contribution in [0.3, 0.4) is 0 Å². The smallest absolute Gasteiger partial charge is 0.264 e. The van der Waals surface area contributed by atoms with Crippen LogP contribution in [-0.4, -0.2) is 50.9 Å². The zero-order valence-electron chi connectivity index (χ0n) is 24.0. The molecule has 220 valence electrons. The highest BCUT2D eigenvalue weighted by Crippen LogP contribution is 2.33. The summed E-state index contributed by atoms with van der Waals surface area (Å²) >= 11 is 3.46. The number of aryl methyl sites for hydroxylation is 1. The molecule has 3 aromatic rings. The van der Waals surface area contributed by atoms with Crippen LogP contribution in [0.2, 0.25) is 0 Å². The van der Waals surface area contributed by atoms with E-state index in [4.69, 9.17) is 4.74 Å². The molecule has 0 unspecified atom stereocenters. The number of sulfonamides is 1. The van der Waals surface area contributed by atoms with Crippen molar-refractivity contribution in [1.82, 2.24) is 10.2 Å². The quantitative estimate of drug-likeness (QED) is 0.228. The number of rotatable bonds is 14. The van der Waals surface area contributed by atoms with E-state index in [-0.39, 0.29) is 23.0 Å². The number of amides is 2. The van der Waals surface area contributed by atoms with E-state index in [1.165, 1.54) is 17.0 Å². The maximum absolute atomic E-state index is 14.1. The van der Waals surface area contributed by atoms with Crippen LogP contribution >= 0.6 is 15.9 Å². The van der Waals surface area contributed by atoms with Crippen molar-refractivity contribution in [2.45, 2.75) is 58.0 Å². The summed E-state index contributed by atoms with van der Waals surface area (Å²) in [5.74, 6) is -0.489. The van der Waals surface area contributed by atoms with Crippen molar-refractivity contribution in [3.05, 3.63) is 88.4 Å². The fraction of sp³-hybridized carbons (Fsp3) is 0.355. The molecule has 0 bridgehead atoms. The van der Waals surface area contributed by atoms with Gasteiger partial charge in [-0.15, -0.1) is 0 Å². The molecule has 0 aliphatic carbocycles. The number of carbonyl (C=O) groups excluding carboxylic acids is 2. The van der Waals surface area contributed by atoms with Crippen LogP contribution in [0.4, 0.5) is 5.69 Å². The van der Waals surface area contributed by atoms with Gasteiger partial charge in [-0.3, -0.25) is 13.9 Å². The van der Waals surface area contributed by atoms with E-state index >= 15 is 0 Å². The Balaban J connectivity index is 2.05. The molecule has 1 atom stereocenters. The molecule has 0 saturated heterocycles. The number of hydrogen-bond donors (Lipinski definition) is 1. The molecule has 2 amide bonds. The molecule has 3 aromatic carbocycles. The Morgan fingerprint density at radius 1 is 1.00 bits per heavy atom. The molecule has 0 radical (unpaired) electrons. The van der Waals surface area contributed by atoms with E-state index in [9.17, 15) is 18.0 Å². The van der Waals surface area contributed by atoms with Gasteiger partial charge in [0.2, 0.25) is 11.8 Å². The van der Waals surface area contributed by atoms with Crippen molar-refractivity contribution >= 4 is 43.5 Å². The number of anilines is 1. The number of para-hydroxylation sites is 2. The molecule has 10 heteroatoms. The number of nitrogens with zero attached hydrogens (tertiary/aromatic N) is 2. The van der Waals surface area contributed by atoms with Crippen LogP contribution in [0.25, 0.3) is 0 Å². The first-order valence-corrected chi connectivity index (χ1v) is 15.9. The number of halogens is 1. The molecule has 0 fully saturated rings. The molecule has 41 heavy (non-hydrogen) atoms. The van der Waals surface area contributed by atoms with E-state index in [1.807, 2.05) is 38.1 Å². The summed E-state index contributed by atoms with van der Waals surface area (Å²) in [6, 6.07) is 19.8. The Bertz CT molecular complexity index is 1430. The second kappa shape index (κ2) is 15.0. The van der Waals surface area contributed by atoms with Crippen molar-refractivity contribution in [3.8, 4) is 5.75 Å². The van der Waals surface area contributed by atoms with E-state index in [0.717, 1.165) is 32.7 Å². The summed E-state index contributed by atoms with van der Waals surface area (Å²) in [6.07, 6.45) is 1.73. The normalized spacial score (nSPS) is 11.9. The molecule has 0 aromatic heterocycles. The van der Waals surface area contributed by atoms with Gasteiger partial charge in [-0.1, -0.05) is 71.2 Å². The van der Waals surface area contributed by atoms with Crippen molar-refractivity contribution in [2.75, 3.05) is 24.0 Å². The number of hydrogen-bond acceptors (Lipinski definition) is 5. The summed E-state index contributed by atoms with van der Waals surface area (Å²) in [4.78, 5) is 28.6. The Hall–Kier alpha value is -3.37. The number of nitrogens with one attached hydrogen (secondary N) is 1. The van der Waals surface area contributed by atoms with E-state index in [1.54, 1.807) is 50.2 Å². The molecule has 0 spiro atoms. The van der Waals surface area contributed by atoms with Crippen molar-refractivity contribution in [2.24, 2.45) is 0 Å².